The minimum atomic E-state index is -4.56. The standard InChI is InChI=1S/C26H26N4O8S2/c31-21(3-1-2-20-22-19(12-39-20)29-26(35)30-22)27-8-9-28-25(34)13-4-6-15-17(10-13)23(32)16-7-5-14(40(36,37)38)11-18(16)24(15)33/h4-7,10-11,19-20,22H,1-3,8-9,12H2,(H,27,31)(H,28,34)(H2,29,30,35)(H,36,37,38)/t19-,20-,22-/m0/s1. The van der Waals surface area contributed by atoms with Gasteiger partial charge in [0.05, 0.1) is 17.0 Å². The monoisotopic (exact) mass is 586 g/mol. The van der Waals surface area contributed by atoms with E-state index in [4.69, 9.17) is 0 Å². The second kappa shape index (κ2) is 11.0. The molecule has 40 heavy (non-hydrogen) atoms. The van der Waals surface area contributed by atoms with Crippen molar-refractivity contribution < 1.29 is 36.9 Å². The molecule has 4 amide bonds. The molecule has 210 valence electrons. The number of amides is 4. The van der Waals surface area contributed by atoms with Crippen molar-refractivity contribution in [3.63, 3.8) is 0 Å². The lowest BCUT2D eigenvalue weighted by Gasteiger charge is -2.18. The lowest BCUT2D eigenvalue weighted by Crippen LogP contribution is -2.37. The Bertz CT molecular complexity index is 1540. The summed E-state index contributed by atoms with van der Waals surface area (Å²) in [5, 5.41) is 11.5. The molecule has 2 fully saturated rings. The van der Waals surface area contributed by atoms with Gasteiger partial charge in [0.1, 0.15) is 0 Å². The first kappa shape index (κ1) is 27.8. The Labute approximate surface area is 233 Å². The first-order valence-electron chi connectivity index (χ1n) is 12.6. The molecule has 5 N–H and O–H groups in total. The van der Waals surface area contributed by atoms with Crippen molar-refractivity contribution in [2.45, 2.75) is 41.5 Å². The Morgan fingerprint density at radius 1 is 0.925 bits per heavy atom. The van der Waals surface area contributed by atoms with Gasteiger partial charge in [0.2, 0.25) is 5.91 Å². The topological polar surface area (TPSA) is 188 Å². The predicted octanol–water partition coefficient (Wildman–Crippen LogP) is 0.890. The summed E-state index contributed by atoms with van der Waals surface area (Å²) in [7, 11) is -4.56. The fraction of sp³-hybridized carbons (Fsp3) is 0.346. The van der Waals surface area contributed by atoms with Gasteiger partial charge in [-0.05, 0) is 49.2 Å². The number of carbonyl (C=O) groups excluding carboxylic acids is 5. The fourth-order valence-corrected chi connectivity index (χ4v) is 7.16. The number of benzene rings is 2. The summed E-state index contributed by atoms with van der Waals surface area (Å²) in [5.41, 5.74) is 0.00463. The van der Waals surface area contributed by atoms with Gasteiger partial charge in [-0.1, -0.05) is 0 Å². The van der Waals surface area contributed by atoms with Crippen molar-refractivity contribution in [1.82, 2.24) is 21.3 Å². The van der Waals surface area contributed by atoms with E-state index in [0.29, 0.717) is 12.8 Å². The normalized spacial score (nSPS) is 21.1. The van der Waals surface area contributed by atoms with Crippen molar-refractivity contribution in [3.8, 4) is 0 Å². The van der Waals surface area contributed by atoms with Gasteiger partial charge in [-0.25, -0.2) is 4.79 Å². The van der Waals surface area contributed by atoms with Crippen LogP contribution in [0.15, 0.2) is 41.3 Å². The Hall–Kier alpha value is -3.75. The maximum atomic E-state index is 13.0. The fourth-order valence-electron chi connectivity index (χ4n) is 5.11. The summed E-state index contributed by atoms with van der Waals surface area (Å²) in [6, 6.07) is 7.25. The van der Waals surface area contributed by atoms with Gasteiger partial charge < -0.3 is 21.3 Å². The SMILES string of the molecule is O=C(CCC[C@@H]1SC[C@@H]2NC(=O)N[C@@H]21)NCCNC(=O)c1ccc2c(c1)C(=O)c1ccc(S(=O)(=O)O)cc1C2=O. The van der Waals surface area contributed by atoms with Crippen molar-refractivity contribution >= 4 is 51.3 Å². The number of hydrogen-bond acceptors (Lipinski definition) is 8. The molecule has 0 radical (unpaired) electrons. The first-order valence-corrected chi connectivity index (χ1v) is 15.1. The molecule has 14 heteroatoms. The molecular formula is C26H26N4O8S2. The molecular weight excluding hydrogens is 560 g/mol. The van der Waals surface area contributed by atoms with Crippen LogP contribution >= 0.6 is 11.8 Å². The second-order valence-corrected chi connectivity index (χ2v) is 12.4. The number of hydrogen-bond donors (Lipinski definition) is 5. The lowest BCUT2D eigenvalue weighted by molar-refractivity contribution is -0.121. The Kier molecular flexibility index (Phi) is 7.66. The molecule has 0 aromatic heterocycles. The Morgan fingerprint density at radius 2 is 1.60 bits per heavy atom. The van der Waals surface area contributed by atoms with Crippen LogP contribution < -0.4 is 21.3 Å². The van der Waals surface area contributed by atoms with E-state index in [1.165, 1.54) is 18.2 Å². The number of fused-ring (bicyclic) bond motifs is 3. The van der Waals surface area contributed by atoms with Crippen molar-refractivity contribution in [1.29, 1.82) is 0 Å². The molecule has 5 rings (SSSR count). The molecule has 2 aromatic carbocycles. The molecule has 0 bridgehead atoms. The third-order valence-corrected chi connectivity index (χ3v) is 9.47. The zero-order valence-corrected chi connectivity index (χ0v) is 22.7. The van der Waals surface area contributed by atoms with Gasteiger partial charge in [-0.15, -0.1) is 0 Å². The van der Waals surface area contributed by atoms with Crippen molar-refractivity contribution in [2.75, 3.05) is 18.8 Å². The van der Waals surface area contributed by atoms with Crippen LogP contribution in [0.4, 0.5) is 4.79 Å². The summed E-state index contributed by atoms with van der Waals surface area (Å²) in [4.78, 5) is 61.7. The first-order chi connectivity index (χ1) is 19.0. The minimum Gasteiger partial charge on any atom is -0.354 e. The summed E-state index contributed by atoms with van der Waals surface area (Å²) in [6.45, 7) is 0.356. The quantitative estimate of drug-likeness (QED) is 0.138. The van der Waals surface area contributed by atoms with Gasteiger partial charge in [0.25, 0.3) is 16.0 Å². The van der Waals surface area contributed by atoms with Gasteiger partial charge in [-0.2, -0.15) is 20.2 Å². The summed E-state index contributed by atoms with van der Waals surface area (Å²) in [6.07, 6.45) is 1.82. The van der Waals surface area contributed by atoms with E-state index in [1.54, 1.807) is 11.8 Å². The maximum Gasteiger partial charge on any atom is 0.315 e. The van der Waals surface area contributed by atoms with E-state index in [2.05, 4.69) is 21.3 Å². The summed E-state index contributed by atoms with van der Waals surface area (Å²) >= 11 is 1.79. The van der Waals surface area contributed by atoms with Gasteiger partial charge in [-0.3, -0.25) is 23.7 Å². The van der Waals surface area contributed by atoms with Crippen LogP contribution in [0.5, 0.6) is 0 Å². The van der Waals surface area contributed by atoms with Crippen LogP contribution in [-0.4, -0.2) is 78.6 Å². The molecule has 3 aliphatic rings. The average Bonchev–Trinajstić information content (AvgIpc) is 3.47. The number of ketones is 2. The summed E-state index contributed by atoms with van der Waals surface area (Å²) in [5.74, 6) is -0.923. The Balaban J connectivity index is 1.10. The number of rotatable bonds is 9. The van der Waals surface area contributed by atoms with Crippen LogP contribution in [0.2, 0.25) is 0 Å². The van der Waals surface area contributed by atoms with E-state index >= 15 is 0 Å². The maximum absolute atomic E-state index is 13.0. The van der Waals surface area contributed by atoms with Gasteiger partial charge in [0, 0.05) is 58.3 Å². The highest BCUT2D eigenvalue weighted by atomic mass is 32.2. The highest BCUT2D eigenvalue weighted by Crippen LogP contribution is 2.33. The third-order valence-electron chi connectivity index (χ3n) is 7.11. The molecule has 2 aliphatic heterocycles. The van der Waals surface area contributed by atoms with Crippen molar-refractivity contribution in [2.24, 2.45) is 0 Å². The second-order valence-electron chi connectivity index (χ2n) is 9.72. The zero-order chi connectivity index (χ0) is 28.6. The largest absolute Gasteiger partial charge is 0.354 e. The molecule has 0 spiro atoms. The van der Waals surface area contributed by atoms with Gasteiger partial charge in [0.15, 0.2) is 11.6 Å². The molecule has 1 aliphatic carbocycles. The molecule has 2 aromatic rings. The smallest absolute Gasteiger partial charge is 0.315 e. The Morgan fingerprint density at radius 3 is 2.33 bits per heavy atom. The van der Waals surface area contributed by atoms with Crippen LogP contribution in [0.3, 0.4) is 0 Å². The van der Waals surface area contributed by atoms with Crippen LogP contribution in [-0.2, 0) is 14.9 Å². The molecule has 2 heterocycles. The number of nitrogens with one attached hydrogen (secondary N) is 4. The number of carbonyl (C=O) groups is 5. The van der Waals surface area contributed by atoms with E-state index in [9.17, 15) is 36.9 Å². The third kappa shape index (κ3) is 5.60. The molecule has 0 saturated carbocycles. The van der Waals surface area contributed by atoms with E-state index in [1.807, 2.05) is 0 Å². The molecule has 2 saturated heterocycles. The average molecular weight is 587 g/mol. The van der Waals surface area contributed by atoms with Crippen LogP contribution in [0.1, 0.15) is 61.5 Å². The van der Waals surface area contributed by atoms with Crippen LogP contribution in [0, 0.1) is 0 Å². The van der Waals surface area contributed by atoms with Crippen molar-refractivity contribution in [3.05, 3.63) is 64.2 Å². The predicted molar refractivity (Wildman–Crippen MR) is 144 cm³/mol. The highest BCUT2D eigenvalue weighted by molar-refractivity contribution is 8.00. The van der Waals surface area contributed by atoms with E-state index in [-0.39, 0.29) is 70.2 Å². The molecule has 3 atom stereocenters. The minimum absolute atomic E-state index is 0.0118. The molecule has 12 nitrogen and oxygen atoms in total. The van der Waals surface area contributed by atoms with E-state index < -0.39 is 32.5 Å². The number of urea groups is 1. The number of thioether (sulfide) groups is 1. The summed E-state index contributed by atoms with van der Waals surface area (Å²) < 4.78 is 32.1. The highest BCUT2D eigenvalue weighted by Gasteiger charge is 2.42. The van der Waals surface area contributed by atoms with Crippen LogP contribution in [0.25, 0.3) is 0 Å². The zero-order valence-electron chi connectivity index (χ0n) is 21.1. The van der Waals surface area contributed by atoms with Gasteiger partial charge >= 0.3 is 6.03 Å². The lowest BCUT2D eigenvalue weighted by atomic mass is 9.83. The molecule has 0 unspecified atom stereocenters. The van der Waals surface area contributed by atoms with E-state index in [0.717, 1.165) is 30.4 Å².